The summed E-state index contributed by atoms with van der Waals surface area (Å²) in [5.74, 6) is 6.14. The molecule has 2 aromatic rings. The molecule has 0 aliphatic rings. The highest BCUT2D eigenvalue weighted by Gasteiger charge is 2.01. The maximum atomic E-state index is 5.74. The Morgan fingerprint density at radius 3 is 2.24 bits per heavy atom. The van der Waals surface area contributed by atoms with Crippen LogP contribution in [0.3, 0.4) is 0 Å². The van der Waals surface area contributed by atoms with E-state index in [1.807, 2.05) is 30.3 Å². The van der Waals surface area contributed by atoms with Crippen LogP contribution in [0.1, 0.15) is 11.1 Å². The summed E-state index contributed by atoms with van der Waals surface area (Å²) in [6.07, 6.45) is 0. The maximum absolute atomic E-state index is 5.74. The number of hydrogen-bond acceptors (Lipinski definition) is 2. The first kappa shape index (κ1) is 11.6. The molecule has 2 aromatic carbocycles. The first-order valence-electron chi connectivity index (χ1n) is 5.08. The van der Waals surface area contributed by atoms with E-state index in [-0.39, 0.29) is 0 Å². The van der Waals surface area contributed by atoms with Crippen molar-refractivity contribution < 1.29 is 0 Å². The lowest BCUT2D eigenvalue weighted by atomic mass is 10.1. The van der Waals surface area contributed by atoms with Crippen LogP contribution in [0.5, 0.6) is 0 Å². The molecular weight excluding hydrogens is 276 g/mol. The van der Waals surface area contributed by atoms with E-state index in [0.29, 0.717) is 11.4 Å². The van der Waals surface area contributed by atoms with E-state index in [2.05, 4.69) is 27.8 Å². The quantitative estimate of drug-likeness (QED) is 0.578. The number of benzene rings is 2. The largest absolute Gasteiger partial charge is 0.397 e. The molecule has 0 aliphatic heterocycles. The summed E-state index contributed by atoms with van der Waals surface area (Å²) < 4.78 is 0.854. The molecule has 4 N–H and O–H groups in total. The van der Waals surface area contributed by atoms with Gasteiger partial charge in [0.05, 0.1) is 11.4 Å². The van der Waals surface area contributed by atoms with E-state index >= 15 is 0 Å². The van der Waals surface area contributed by atoms with Gasteiger partial charge in [0.25, 0.3) is 0 Å². The molecule has 0 atom stereocenters. The zero-order chi connectivity index (χ0) is 12.3. The third-order valence-electron chi connectivity index (χ3n) is 2.29. The third kappa shape index (κ3) is 2.80. The summed E-state index contributed by atoms with van der Waals surface area (Å²) in [6, 6.07) is 13.3. The molecule has 3 heteroatoms. The maximum Gasteiger partial charge on any atom is 0.0561 e. The SMILES string of the molecule is Nc1cc(Br)c(C#Cc2ccccc2)cc1N. The van der Waals surface area contributed by atoms with Gasteiger partial charge in [-0.25, -0.2) is 0 Å². The fourth-order valence-electron chi connectivity index (χ4n) is 1.36. The number of anilines is 2. The minimum Gasteiger partial charge on any atom is -0.397 e. The Hall–Kier alpha value is -1.92. The Morgan fingerprint density at radius 1 is 0.882 bits per heavy atom. The van der Waals surface area contributed by atoms with Gasteiger partial charge in [0.15, 0.2) is 0 Å². The van der Waals surface area contributed by atoms with E-state index in [1.165, 1.54) is 0 Å². The summed E-state index contributed by atoms with van der Waals surface area (Å²) in [4.78, 5) is 0. The van der Waals surface area contributed by atoms with Crippen molar-refractivity contribution in [2.45, 2.75) is 0 Å². The standard InChI is InChI=1S/C14H11BrN2/c15-12-9-14(17)13(16)8-11(12)7-6-10-4-2-1-3-5-10/h1-5,8-9H,16-17H2. The van der Waals surface area contributed by atoms with Crippen LogP contribution in [0.15, 0.2) is 46.9 Å². The van der Waals surface area contributed by atoms with Crippen LogP contribution in [0.25, 0.3) is 0 Å². The van der Waals surface area contributed by atoms with Crippen molar-refractivity contribution in [2.24, 2.45) is 0 Å². The molecule has 17 heavy (non-hydrogen) atoms. The van der Waals surface area contributed by atoms with Gasteiger partial charge in [-0.1, -0.05) is 30.0 Å². The normalized spacial score (nSPS) is 9.47. The number of halogens is 1. The average Bonchev–Trinajstić information content (AvgIpc) is 2.33. The molecule has 0 saturated heterocycles. The van der Waals surface area contributed by atoms with Crippen molar-refractivity contribution in [3.8, 4) is 11.8 Å². The van der Waals surface area contributed by atoms with Crippen LogP contribution in [-0.4, -0.2) is 0 Å². The average molecular weight is 287 g/mol. The molecule has 0 radical (unpaired) electrons. The topological polar surface area (TPSA) is 52.0 Å². The molecule has 0 aliphatic carbocycles. The monoisotopic (exact) mass is 286 g/mol. The molecule has 0 spiro atoms. The molecule has 0 fully saturated rings. The van der Waals surface area contributed by atoms with Crippen molar-refractivity contribution in [3.63, 3.8) is 0 Å². The van der Waals surface area contributed by atoms with E-state index in [0.717, 1.165) is 15.6 Å². The van der Waals surface area contributed by atoms with E-state index in [4.69, 9.17) is 11.5 Å². The van der Waals surface area contributed by atoms with E-state index in [1.54, 1.807) is 12.1 Å². The Kier molecular flexibility index (Phi) is 3.36. The summed E-state index contributed by atoms with van der Waals surface area (Å²) >= 11 is 3.42. The lowest BCUT2D eigenvalue weighted by Gasteiger charge is -2.02. The molecule has 84 valence electrons. The van der Waals surface area contributed by atoms with Crippen molar-refractivity contribution in [1.29, 1.82) is 0 Å². The summed E-state index contributed by atoms with van der Waals surface area (Å²) in [6.45, 7) is 0. The number of hydrogen-bond donors (Lipinski definition) is 2. The van der Waals surface area contributed by atoms with Gasteiger partial charge in [-0.15, -0.1) is 0 Å². The van der Waals surface area contributed by atoms with Gasteiger partial charge in [-0.3, -0.25) is 0 Å². The minimum absolute atomic E-state index is 0.547. The summed E-state index contributed by atoms with van der Waals surface area (Å²) in [5.41, 5.74) is 14.3. The number of nitrogen functional groups attached to an aromatic ring is 2. The molecule has 0 unspecified atom stereocenters. The van der Waals surface area contributed by atoms with Gasteiger partial charge in [-0.05, 0) is 40.2 Å². The van der Waals surface area contributed by atoms with Gasteiger partial charge in [0.2, 0.25) is 0 Å². The highest BCUT2D eigenvalue weighted by atomic mass is 79.9. The minimum atomic E-state index is 0.547. The number of nitrogens with two attached hydrogens (primary N) is 2. The van der Waals surface area contributed by atoms with Crippen LogP contribution < -0.4 is 11.5 Å². The Balaban J connectivity index is 2.38. The predicted octanol–water partition coefficient (Wildman–Crippen LogP) is 3.01. The molecule has 2 rings (SSSR count). The van der Waals surface area contributed by atoms with Crippen molar-refractivity contribution in [1.82, 2.24) is 0 Å². The van der Waals surface area contributed by atoms with Crippen LogP contribution in [0.2, 0.25) is 0 Å². The van der Waals surface area contributed by atoms with Crippen molar-refractivity contribution >= 4 is 27.3 Å². The highest BCUT2D eigenvalue weighted by molar-refractivity contribution is 9.10. The van der Waals surface area contributed by atoms with Gasteiger partial charge in [-0.2, -0.15) is 0 Å². The van der Waals surface area contributed by atoms with E-state index < -0.39 is 0 Å². The second-order valence-electron chi connectivity index (χ2n) is 3.58. The molecule has 0 bridgehead atoms. The van der Waals surface area contributed by atoms with Crippen LogP contribution in [0, 0.1) is 11.8 Å². The van der Waals surface area contributed by atoms with E-state index in [9.17, 15) is 0 Å². The Bertz CT molecular complexity index is 595. The van der Waals surface area contributed by atoms with Gasteiger partial charge < -0.3 is 11.5 Å². The molecule has 0 saturated carbocycles. The van der Waals surface area contributed by atoms with Crippen LogP contribution in [0.4, 0.5) is 11.4 Å². The molecular formula is C14H11BrN2. The molecule has 0 aromatic heterocycles. The summed E-state index contributed by atoms with van der Waals surface area (Å²) in [5, 5.41) is 0. The zero-order valence-corrected chi connectivity index (χ0v) is 10.7. The van der Waals surface area contributed by atoms with Gasteiger partial charge >= 0.3 is 0 Å². The first-order valence-corrected chi connectivity index (χ1v) is 5.87. The lowest BCUT2D eigenvalue weighted by Crippen LogP contribution is -1.95. The number of rotatable bonds is 0. The van der Waals surface area contributed by atoms with Crippen molar-refractivity contribution in [2.75, 3.05) is 11.5 Å². The second-order valence-corrected chi connectivity index (χ2v) is 4.43. The van der Waals surface area contributed by atoms with Crippen LogP contribution in [-0.2, 0) is 0 Å². The summed E-state index contributed by atoms with van der Waals surface area (Å²) in [7, 11) is 0. The molecule has 0 heterocycles. The zero-order valence-electron chi connectivity index (χ0n) is 9.07. The fraction of sp³-hybridized carbons (Fsp3) is 0. The Morgan fingerprint density at radius 2 is 1.53 bits per heavy atom. The Labute approximate surface area is 109 Å². The van der Waals surface area contributed by atoms with Crippen LogP contribution >= 0.6 is 15.9 Å². The lowest BCUT2D eigenvalue weighted by molar-refractivity contribution is 1.57. The highest BCUT2D eigenvalue weighted by Crippen LogP contribution is 2.24. The fourth-order valence-corrected chi connectivity index (χ4v) is 1.82. The van der Waals surface area contributed by atoms with Gasteiger partial charge in [0.1, 0.15) is 0 Å². The smallest absolute Gasteiger partial charge is 0.0561 e. The second kappa shape index (κ2) is 4.94. The van der Waals surface area contributed by atoms with Gasteiger partial charge in [0, 0.05) is 15.6 Å². The molecule has 0 amide bonds. The third-order valence-corrected chi connectivity index (χ3v) is 2.94. The van der Waals surface area contributed by atoms with Crippen molar-refractivity contribution in [3.05, 3.63) is 58.1 Å². The first-order chi connectivity index (χ1) is 8.16. The predicted molar refractivity (Wildman–Crippen MR) is 75.4 cm³/mol. The molecule has 2 nitrogen and oxygen atoms in total.